The largest absolute Gasteiger partial charge is 0.542 e. The molecule has 0 aromatic heterocycles. The number of rotatable bonds is 5. The monoisotopic (exact) mass is 581 g/mol. The minimum Gasteiger partial charge on any atom is -0.542 e. The van der Waals surface area contributed by atoms with Crippen LogP contribution in [0, 0.1) is 7.14 Å². The van der Waals surface area contributed by atoms with Crippen LogP contribution in [0.4, 0.5) is 8.78 Å². The minimum absolute atomic E-state index is 0.0400. The van der Waals surface area contributed by atoms with Gasteiger partial charge in [0, 0.05) is 3.57 Å². The van der Waals surface area contributed by atoms with Gasteiger partial charge in [-0.05, 0) is 83.0 Å². The molecule has 25 heavy (non-hydrogen) atoms. The molecular formula is C15H13F2I2O6-. The van der Waals surface area contributed by atoms with E-state index in [1.165, 1.54) is 6.07 Å². The predicted octanol–water partition coefficient (Wildman–Crippen LogP) is 2.43. The van der Waals surface area contributed by atoms with Crippen LogP contribution in [0.15, 0.2) is 12.1 Å². The molecule has 1 saturated carbocycles. The Morgan fingerprint density at radius 2 is 1.72 bits per heavy atom. The van der Waals surface area contributed by atoms with Crippen molar-refractivity contribution in [1.29, 1.82) is 0 Å². The Morgan fingerprint density at radius 1 is 1.16 bits per heavy atom. The number of carboxylic acids is 1. The Morgan fingerprint density at radius 3 is 2.28 bits per heavy atom. The first-order valence-corrected chi connectivity index (χ1v) is 9.42. The summed E-state index contributed by atoms with van der Waals surface area (Å²) in [7, 11) is 0. The van der Waals surface area contributed by atoms with Crippen molar-refractivity contribution in [2.45, 2.75) is 44.0 Å². The molecule has 1 fully saturated rings. The summed E-state index contributed by atoms with van der Waals surface area (Å²) in [4.78, 5) is 22.5. The number of phenolic OH excluding ortho intramolecular Hbond substituents is 1. The van der Waals surface area contributed by atoms with Gasteiger partial charge in [0.1, 0.15) is 23.4 Å². The number of benzene rings is 1. The van der Waals surface area contributed by atoms with Crippen LogP contribution in [-0.4, -0.2) is 35.4 Å². The highest BCUT2D eigenvalue weighted by Crippen LogP contribution is 2.31. The van der Waals surface area contributed by atoms with Gasteiger partial charge in [0.2, 0.25) is 0 Å². The van der Waals surface area contributed by atoms with Crippen molar-refractivity contribution in [3.63, 3.8) is 0 Å². The zero-order valence-corrected chi connectivity index (χ0v) is 17.0. The highest BCUT2D eigenvalue weighted by atomic mass is 127. The van der Waals surface area contributed by atoms with Gasteiger partial charge < -0.3 is 24.5 Å². The number of halogens is 4. The Labute approximate surface area is 169 Å². The molecule has 0 bridgehead atoms. The maximum Gasteiger partial charge on any atom is 0.397 e. The Bertz CT molecular complexity index is 674. The second kappa shape index (κ2) is 8.29. The molecular weight excluding hydrogens is 568 g/mol. The molecule has 1 aliphatic carbocycles. The first-order valence-electron chi connectivity index (χ1n) is 7.26. The minimum atomic E-state index is -4.34. The normalized spacial score (nSPS) is 21.0. The van der Waals surface area contributed by atoms with Gasteiger partial charge in [-0.15, -0.1) is 0 Å². The lowest BCUT2D eigenvalue weighted by molar-refractivity contribution is -0.369. The van der Waals surface area contributed by atoms with E-state index in [-0.39, 0.29) is 37.0 Å². The Kier molecular flexibility index (Phi) is 6.81. The summed E-state index contributed by atoms with van der Waals surface area (Å²) in [5.74, 6) is -3.44. The summed E-state index contributed by atoms with van der Waals surface area (Å²) in [5.41, 5.74) is 0.0400. The van der Waals surface area contributed by atoms with Crippen LogP contribution in [0.3, 0.4) is 0 Å². The van der Waals surface area contributed by atoms with E-state index >= 15 is 0 Å². The van der Waals surface area contributed by atoms with Gasteiger partial charge in [0.05, 0.1) is 9.67 Å². The van der Waals surface area contributed by atoms with E-state index in [9.17, 15) is 28.6 Å². The lowest BCUT2D eigenvalue weighted by atomic mass is 9.95. The molecule has 0 spiro atoms. The van der Waals surface area contributed by atoms with Gasteiger partial charge in [-0.1, -0.05) is 0 Å². The SMILES string of the molecule is O=C(OC1CCC(OC(F)(F)C(=O)[O-])CC1)c1cc(I)cc(I)c1O. The number of alkyl halides is 2. The van der Waals surface area contributed by atoms with Gasteiger partial charge in [-0.3, -0.25) is 0 Å². The number of aromatic hydroxyl groups is 1. The standard InChI is InChI=1S/C15H14F2I2O6/c16-15(17,14(22)23)25-9-3-1-8(2-4-9)24-13(21)10-5-7(18)6-11(19)12(10)20/h5-6,8-9,20H,1-4H2,(H,22,23)/p-1. The maximum absolute atomic E-state index is 13.0. The predicted molar refractivity (Wildman–Crippen MR) is 96.0 cm³/mol. The van der Waals surface area contributed by atoms with E-state index < -0.39 is 30.3 Å². The second-order valence-corrected chi connectivity index (χ2v) is 7.92. The van der Waals surface area contributed by atoms with Crippen molar-refractivity contribution in [1.82, 2.24) is 0 Å². The lowest BCUT2D eigenvalue weighted by Gasteiger charge is -2.31. The molecule has 0 saturated heterocycles. The number of phenols is 1. The third kappa shape index (κ3) is 5.36. The van der Waals surface area contributed by atoms with E-state index in [0.29, 0.717) is 3.57 Å². The highest BCUT2D eigenvalue weighted by Gasteiger charge is 2.37. The van der Waals surface area contributed by atoms with Crippen molar-refractivity contribution in [3.05, 3.63) is 24.8 Å². The Hall–Kier alpha value is -0.760. The summed E-state index contributed by atoms with van der Waals surface area (Å²) in [6, 6.07) is 3.20. The molecule has 0 unspecified atom stereocenters. The van der Waals surface area contributed by atoms with Gasteiger partial charge >= 0.3 is 12.1 Å². The third-order valence-electron chi connectivity index (χ3n) is 3.70. The van der Waals surface area contributed by atoms with Crippen molar-refractivity contribution < 1.29 is 38.1 Å². The van der Waals surface area contributed by atoms with E-state index in [4.69, 9.17) is 4.74 Å². The van der Waals surface area contributed by atoms with Crippen LogP contribution >= 0.6 is 45.2 Å². The number of carboxylic acid groups (broad SMARTS) is 1. The number of hydrogen-bond acceptors (Lipinski definition) is 6. The summed E-state index contributed by atoms with van der Waals surface area (Å²) >= 11 is 3.90. The molecule has 6 nitrogen and oxygen atoms in total. The Balaban J connectivity index is 1.92. The number of esters is 1. The smallest absolute Gasteiger partial charge is 0.397 e. The molecule has 2 rings (SSSR count). The zero-order valence-electron chi connectivity index (χ0n) is 12.6. The van der Waals surface area contributed by atoms with Crippen molar-refractivity contribution in [2.24, 2.45) is 0 Å². The number of aliphatic carboxylic acids is 1. The first kappa shape index (κ1) is 20.6. The topological polar surface area (TPSA) is 95.9 Å². The van der Waals surface area contributed by atoms with Crippen LogP contribution in [0.2, 0.25) is 0 Å². The van der Waals surface area contributed by atoms with Crippen LogP contribution in [0.5, 0.6) is 5.75 Å². The highest BCUT2D eigenvalue weighted by molar-refractivity contribution is 14.1. The fourth-order valence-corrected chi connectivity index (χ4v) is 4.31. The van der Waals surface area contributed by atoms with Crippen LogP contribution in [0.25, 0.3) is 0 Å². The number of hydrogen-bond donors (Lipinski definition) is 1. The molecule has 138 valence electrons. The molecule has 0 aliphatic heterocycles. The maximum atomic E-state index is 13.0. The first-order chi connectivity index (χ1) is 11.6. The molecule has 10 heteroatoms. The summed E-state index contributed by atoms with van der Waals surface area (Å²) in [6.45, 7) is 0. The van der Waals surface area contributed by atoms with Crippen LogP contribution in [0.1, 0.15) is 36.0 Å². The van der Waals surface area contributed by atoms with Crippen molar-refractivity contribution in [2.75, 3.05) is 0 Å². The third-order valence-corrected chi connectivity index (χ3v) is 5.14. The molecule has 0 heterocycles. The summed E-state index contributed by atoms with van der Waals surface area (Å²) in [5, 5.41) is 20.2. The molecule has 0 atom stereocenters. The van der Waals surface area contributed by atoms with Crippen LogP contribution < -0.4 is 5.11 Å². The molecule has 0 radical (unpaired) electrons. The molecule has 0 amide bonds. The second-order valence-electron chi connectivity index (χ2n) is 5.51. The van der Waals surface area contributed by atoms with Crippen molar-refractivity contribution >= 4 is 57.1 Å². The number of ether oxygens (including phenoxy) is 2. The van der Waals surface area contributed by atoms with Gasteiger partial charge in [-0.2, -0.15) is 8.78 Å². The quantitative estimate of drug-likeness (QED) is 0.425. The van der Waals surface area contributed by atoms with Gasteiger partial charge in [0.25, 0.3) is 0 Å². The number of carbonyl (C=O) groups is 2. The van der Waals surface area contributed by atoms with E-state index in [2.05, 4.69) is 4.74 Å². The average Bonchev–Trinajstić information content (AvgIpc) is 2.52. The van der Waals surface area contributed by atoms with Crippen molar-refractivity contribution in [3.8, 4) is 5.75 Å². The lowest BCUT2D eigenvalue weighted by Crippen LogP contribution is -2.46. The van der Waals surface area contributed by atoms with E-state index in [1.807, 2.05) is 45.2 Å². The molecule has 1 aliphatic rings. The molecule has 1 N–H and O–H groups in total. The average molecular weight is 581 g/mol. The van der Waals surface area contributed by atoms with Gasteiger partial charge in [-0.25, -0.2) is 4.79 Å². The zero-order chi connectivity index (χ0) is 18.8. The fourth-order valence-electron chi connectivity index (χ4n) is 2.46. The van der Waals surface area contributed by atoms with Crippen LogP contribution in [-0.2, 0) is 14.3 Å². The molecule has 1 aromatic carbocycles. The summed E-state index contributed by atoms with van der Waals surface area (Å²) in [6.07, 6.45) is -5.05. The van der Waals surface area contributed by atoms with E-state index in [0.717, 1.165) is 3.57 Å². The van der Waals surface area contributed by atoms with E-state index in [1.54, 1.807) is 6.07 Å². The fraction of sp³-hybridized carbons (Fsp3) is 0.467. The summed E-state index contributed by atoms with van der Waals surface area (Å²) < 4.78 is 36.8. The number of carbonyl (C=O) groups excluding carboxylic acids is 2. The van der Waals surface area contributed by atoms with Gasteiger partial charge in [0.15, 0.2) is 0 Å². The molecule has 1 aromatic rings.